The normalized spacial score (nSPS) is 18.6. The van der Waals surface area contributed by atoms with Crippen molar-refractivity contribution in [1.29, 1.82) is 0 Å². The van der Waals surface area contributed by atoms with Crippen molar-refractivity contribution in [2.24, 2.45) is 5.92 Å². The van der Waals surface area contributed by atoms with Crippen molar-refractivity contribution < 1.29 is 24.6 Å². The quantitative estimate of drug-likeness (QED) is 0.838. The average Bonchev–Trinajstić information content (AvgIpc) is 2.72. The summed E-state index contributed by atoms with van der Waals surface area (Å²) in [7, 11) is 0. The average molecular weight is 263 g/mol. The number of rotatable bonds is 4. The van der Waals surface area contributed by atoms with Crippen LogP contribution in [0.15, 0.2) is 24.3 Å². The Morgan fingerprint density at radius 3 is 2.32 bits per heavy atom. The van der Waals surface area contributed by atoms with E-state index in [4.69, 9.17) is 10.2 Å². The molecule has 1 aliphatic heterocycles. The predicted molar refractivity (Wildman–Crippen MR) is 64.6 cm³/mol. The molecule has 0 saturated carbocycles. The van der Waals surface area contributed by atoms with Crippen molar-refractivity contribution in [2.45, 2.75) is 13.0 Å². The van der Waals surface area contributed by atoms with Gasteiger partial charge >= 0.3 is 11.9 Å². The maximum Gasteiger partial charge on any atom is 0.335 e. The molecule has 0 unspecified atom stereocenters. The Labute approximate surface area is 109 Å². The second-order valence-corrected chi connectivity index (χ2v) is 4.52. The van der Waals surface area contributed by atoms with E-state index in [1.807, 2.05) is 0 Å². The Kier molecular flexibility index (Phi) is 3.50. The van der Waals surface area contributed by atoms with Gasteiger partial charge in [0, 0.05) is 19.5 Å². The van der Waals surface area contributed by atoms with E-state index in [9.17, 15) is 14.4 Å². The number of aliphatic carboxylic acids is 1. The van der Waals surface area contributed by atoms with Gasteiger partial charge in [-0.05, 0) is 17.7 Å². The summed E-state index contributed by atoms with van der Waals surface area (Å²) in [6, 6.07) is 6.19. The predicted octanol–water partition coefficient (Wildman–Crippen LogP) is 0.818. The molecule has 1 saturated heterocycles. The molecule has 0 bridgehead atoms. The van der Waals surface area contributed by atoms with Crippen LogP contribution in [-0.4, -0.2) is 39.5 Å². The van der Waals surface area contributed by atoms with E-state index in [0.29, 0.717) is 6.54 Å². The van der Waals surface area contributed by atoms with E-state index in [1.54, 1.807) is 12.1 Å². The number of carbonyl (C=O) groups excluding carboxylic acids is 1. The standard InChI is InChI=1S/C13H13NO5/c15-11-5-10(13(18)19)7-14(11)6-8-1-3-9(4-2-8)12(16)17/h1-4,10H,5-7H2,(H,16,17)(H,18,19)/t10-/m1/s1. The minimum absolute atomic E-state index is 0.0303. The fourth-order valence-corrected chi connectivity index (χ4v) is 2.06. The molecule has 2 N–H and O–H groups in total. The fraction of sp³-hybridized carbons (Fsp3) is 0.308. The number of nitrogens with zero attached hydrogens (tertiary/aromatic N) is 1. The minimum Gasteiger partial charge on any atom is -0.481 e. The van der Waals surface area contributed by atoms with Crippen molar-refractivity contribution >= 4 is 17.8 Å². The number of hydrogen-bond donors (Lipinski definition) is 2. The Balaban J connectivity index is 2.03. The van der Waals surface area contributed by atoms with Crippen LogP contribution in [0.3, 0.4) is 0 Å². The minimum atomic E-state index is -1.00. The Hall–Kier alpha value is -2.37. The van der Waals surface area contributed by atoms with Crippen LogP contribution in [0.25, 0.3) is 0 Å². The van der Waals surface area contributed by atoms with Crippen LogP contribution in [0.1, 0.15) is 22.3 Å². The van der Waals surface area contributed by atoms with E-state index in [-0.39, 0.29) is 24.4 Å². The topological polar surface area (TPSA) is 94.9 Å². The van der Waals surface area contributed by atoms with Gasteiger partial charge in [0.2, 0.25) is 5.91 Å². The summed E-state index contributed by atoms with van der Waals surface area (Å²) >= 11 is 0. The van der Waals surface area contributed by atoms with E-state index in [1.165, 1.54) is 17.0 Å². The number of hydrogen-bond acceptors (Lipinski definition) is 3. The summed E-state index contributed by atoms with van der Waals surface area (Å²) in [5.41, 5.74) is 0.962. The number of aromatic carboxylic acids is 1. The molecule has 0 spiro atoms. The highest BCUT2D eigenvalue weighted by Gasteiger charge is 2.33. The summed E-state index contributed by atoms with van der Waals surface area (Å²) in [6.07, 6.45) is 0.0303. The molecule has 100 valence electrons. The number of benzene rings is 1. The van der Waals surface area contributed by atoms with Crippen LogP contribution in [-0.2, 0) is 16.1 Å². The van der Waals surface area contributed by atoms with Gasteiger partial charge in [0.15, 0.2) is 0 Å². The zero-order valence-electron chi connectivity index (χ0n) is 10.1. The maximum atomic E-state index is 11.6. The van der Waals surface area contributed by atoms with E-state index < -0.39 is 17.9 Å². The van der Waals surface area contributed by atoms with Crippen LogP contribution in [0, 0.1) is 5.92 Å². The molecule has 0 aliphatic carbocycles. The van der Waals surface area contributed by atoms with Gasteiger partial charge in [-0.3, -0.25) is 9.59 Å². The van der Waals surface area contributed by atoms with Gasteiger partial charge in [0.05, 0.1) is 11.5 Å². The monoisotopic (exact) mass is 263 g/mol. The van der Waals surface area contributed by atoms with E-state index >= 15 is 0 Å². The van der Waals surface area contributed by atoms with Gasteiger partial charge < -0.3 is 15.1 Å². The smallest absolute Gasteiger partial charge is 0.335 e. The summed E-state index contributed by atoms with van der Waals surface area (Å²) in [5.74, 6) is -2.80. The summed E-state index contributed by atoms with van der Waals surface area (Å²) in [6.45, 7) is 0.511. The van der Waals surface area contributed by atoms with Crippen LogP contribution >= 0.6 is 0 Å². The Morgan fingerprint density at radius 1 is 1.21 bits per heavy atom. The molecule has 1 aliphatic rings. The van der Waals surface area contributed by atoms with Gasteiger partial charge in [-0.1, -0.05) is 12.1 Å². The van der Waals surface area contributed by atoms with Gasteiger partial charge in [-0.15, -0.1) is 0 Å². The Morgan fingerprint density at radius 2 is 1.84 bits per heavy atom. The summed E-state index contributed by atoms with van der Waals surface area (Å²) in [5, 5.41) is 17.6. The lowest BCUT2D eigenvalue weighted by atomic mass is 10.1. The zero-order valence-corrected chi connectivity index (χ0v) is 10.1. The first kappa shape index (κ1) is 13.1. The first-order chi connectivity index (χ1) is 8.97. The van der Waals surface area contributed by atoms with Crippen molar-refractivity contribution in [3.63, 3.8) is 0 Å². The highest BCUT2D eigenvalue weighted by Crippen LogP contribution is 2.20. The SMILES string of the molecule is O=C(O)c1ccc(CN2C[C@H](C(=O)O)CC2=O)cc1. The number of carboxylic acid groups (broad SMARTS) is 2. The first-order valence-corrected chi connectivity index (χ1v) is 5.80. The second kappa shape index (κ2) is 5.09. The molecule has 6 heteroatoms. The molecule has 1 heterocycles. The van der Waals surface area contributed by atoms with Crippen molar-refractivity contribution in [3.05, 3.63) is 35.4 Å². The lowest BCUT2D eigenvalue weighted by Gasteiger charge is -2.16. The fourth-order valence-electron chi connectivity index (χ4n) is 2.06. The third-order valence-corrected chi connectivity index (χ3v) is 3.14. The molecule has 19 heavy (non-hydrogen) atoms. The number of likely N-dealkylation sites (tertiary alicyclic amines) is 1. The van der Waals surface area contributed by atoms with Gasteiger partial charge in [-0.2, -0.15) is 0 Å². The molecular weight excluding hydrogens is 250 g/mol. The molecule has 1 fully saturated rings. The number of amides is 1. The van der Waals surface area contributed by atoms with Crippen molar-refractivity contribution in [2.75, 3.05) is 6.54 Å². The highest BCUT2D eigenvalue weighted by atomic mass is 16.4. The summed E-state index contributed by atoms with van der Waals surface area (Å²) < 4.78 is 0. The molecule has 1 amide bonds. The van der Waals surface area contributed by atoms with E-state index in [2.05, 4.69) is 0 Å². The Bertz CT molecular complexity index is 522. The first-order valence-electron chi connectivity index (χ1n) is 5.80. The second-order valence-electron chi connectivity index (χ2n) is 4.52. The molecule has 6 nitrogen and oxygen atoms in total. The molecule has 1 atom stereocenters. The lowest BCUT2D eigenvalue weighted by Crippen LogP contribution is -2.25. The lowest BCUT2D eigenvalue weighted by molar-refractivity contribution is -0.141. The van der Waals surface area contributed by atoms with Gasteiger partial charge in [0.1, 0.15) is 0 Å². The highest BCUT2D eigenvalue weighted by molar-refractivity contribution is 5.87. The third kappa shape index (κ3) is 2.90. The number of carbonyl (C=O) groups is 3. The van der Waals surface area contributed by atoms with Crippen LogP contribution < -0.4 is 0 Å². The molecule has 1 aromatic rings. The van der Waals surface area contributed by atoms with Crippen LogP contribution in [0.2, 0.25) is 0 Å². The molecule has 0 aromatic heterocycles. The van der Waals surface area contributed by atoms with E-state index in [0.717, 1.165) is 5.56 Å². The third-order valence-electron chi connectivity index (χ3n) is 3.14. The zero-order chi connectivity index (χ0) is 14.0. The van der Waals surface area contributed by atoms with Gasteiger partial charge in [-0.25, -0.2) is 4.79 Å². The van der Waals surface area contributed by atoms with Gasteiger partial charge in [0.25, 0.3) is 0 Å². The maximum absolute atomic E-state index is 11.6. The van der Waals surface area contributed by atoms with Crippen molar-refractivity contribution in [1.82, 2.24) is 4.90 Å². The molecule has 1 aromatic carbocycles. The van der Waals surface area contributed by atoms with Crippen LogP contribution in [0.4, 0.5) is 0 Å². The number of carboxylic acids is 2. The molecule has 2 rings (SSSR count). The largest absolute Gasteiger partial charge is 0.481 e. The van der Waals surface area contributed by atoms with Crippen molar-refractivity contribution in [3.8, 4) is 0 Å². The summed E-state index contributed by atoms with van der Waals surface area (Å²) in [4.78, 5) is 34.6. The van der Waals surface area contributed by atoms with Crippen LogP contribution in [0.5, 0.6) is 0 Å². The molecule has 0 radical (unpaired) electrons. The molecular formula is C13H13NO5.